The summed E-state index contributed by atoms with van der Waals surface area (Å²) in [6.07, 6.45) is 1.59. The Morgan fingerprint density at radius 2 is 2.22 bits per heavy atom. The fourth-order valence-electron chi connectivity index (χ4n) is 1.68. The summed E-state index contributed by atoms with van der Waals surface area (Å²) in [5, 5.41) is 2.87. The van der Waals surface area contributed by atoms with Crippen LogP contribution in [0.4, 0.5) is 0 Å². The molecule has 0 radical (unpaired) electrons. The molecule has 0 unspecified atom stereocenters. The lowest BCUT2D eigenvalue weighted by molar-refractivity contribution is 0.0935. The molecule has 2 aromatic rings. The molecule has 1 atom stereocenters. The highest BCUT2D eigenvalue weighted by atomic mass is 35.5. The number of hydrogen-bond donors (Lipinski definition) is 1. The Morgan fingerprint density at radius 1 is 1.39 bits per heavy atom. The van der Waals surface area contributed by atoms with Gasteiger partial charge in [0.1, 0.15) is 5.76 Å². The highest BCUT2D eigenvalue weighted by Gasteiger charge is 2.13. The molecule has 1 aromatic heterocycles. The fourth-order valence-corrected chi connectivity index (χ4v) is 1.85. The maximum Gasteiger partial charge on any atom is 0.251 e. The lowest BCUT2D eigenvalue weighted by Crippen LogP contribution is -2.26. The Balaban J connectivity index is 2.07. The van der Waals surface area contributed by atoms with E-state index in [4.69, 9.17) is 16.0 Å². The van der Waals surface area contributed by atoms with Crippen molar-refractivity contribution in [2.45, 2.75) is 18.8 Å². The van der Waals surface area contributed by atoms with Gasteiger partial charge in [0, 0.05) is 11.4 Å². The number of furan rings is 1. The van der Waals surface area contributed by atoms with Crippen LogP contribution in [0, 0.1) is 0 Å². The molecule has 0 spiro atoms. The molecule has 0 aliphatic rings. The maximum absolute atomic E-state index is 12.0. The largest absolute Gasteiger partial charge is 0.467 e. The smallest absolute Gasteiger partial charge is 0.251 e. The molecule has 0 fully saturated rings. The van der Waals surface area contributed by atoms with Gasteiger partial charge in [-0.05, 0) is 36.8 Å². The lowest BCUT2D eigenvalue weighted by atomic mass is 10.1. The summed E-state index contributed by atoms with van der Waals surface area (Å²) < 4.78 is 5.24. The van der Waals surface area contributed by atoms with Crippen molar-refractivity contribution < 1.29 is 9.21 Å². The average Bonchev–Trinajstić information content (AvgIpc) is 2.92. The van der Waals surface area contributed by atoms with Gasteiger partial charge in [0.25, 0.3) is 5.91 Å². The van der Waals surface area contributed by atoms with Crippen molar-refractivity contribution in [1.82, 2.24) is 5.32 Å². The summed E-state index contributed by atoms with van der Waals surface area (Å²) in [7, 11) is 0. The van der Waals surface area contributed by atoms with Crippen LogP contribution >= 0.6 is 11.6 Å². The Morgan fingerprint density at radius 3 is 2.89 bits per heavy atom. The number of carbonyl (C=O) groups excluding carboxylic acids is 1. The standard InChI is InChI=1S/C14H14ClNO2/c1-10(13-6-3-7-18-13)16-14(17)12-5-2-4-11(8-12)9-15/h2-8,10H,9H2,1H3,(H,16,17)/t10-/m1/s1. The van der Waals surface area contributed by atoms with E-state index in [-0.39, 0.29) is 11.9 Å². The highest BCUT2D eigenvalue weighted by molar-refractivity contribution is 6.17. The third-order valence-electron chi connectivity index (χ3n) is 2.66. The van der Waals surface area contributed by atoms with Crippen molar-refractivity contribution in [1.29, 1.82) is 0 Å². The zero-order valence-electron chi connectivity index (χ0n) is 10.0. The molecule has 1 aromatic carbocycles. The monoisotopic (exact) mass is 263 g/mol. The highest BCUT2D eigenvalue weighted by Crippen LogP contribution is 2.14. The zero-order valence-corrected chi connectivity index (χ0v) is 10.8. The first-order valence-electron chi connectivity index (χ1n) is 5.70. The predicted molar refractivity (Wildman–Crippen MR) is 70.6 cm³/mol. The van der Waals surface area contributed by atoms with E-state index in [9.17, 15) is 4.79 Å². The van der Waals surface area contributed by atoms with Gasteiger partial charge in [0.2, 0.25) is 0 Å². The second kappa shape index (κ2) is 5.74. The third kappa shape index (κ3) is 2.93. The van der Waals surface area contributed by atoms with Gasteiger partial charge in [0.15, 0.2) is 0 Å². The van der Waals surface area contributed by atoms with Crippen molar-refractivity contribution in [3.05, 3.63) is 59.5 Å². The van der Waals surface area contributed by atoms with Crippen LogP contribution in [0.5, 0.6) is 0 Å². The normalized spacial score (nSPS) is 12.1. The maximum atomic E-state index is 12.0. The minimum Gasteiger partial charge on any atom is -0.467 e. The molecule has 18 heavy (non-hydrogen) atoms. The molecular formula is C14H14ClNO2. The van der Waals surface area contributed by atoms with E-state index >= 15 is 0 Å². The van der Waals surface area contributed by atoms with Crippen LogP contribution in [0.15, 0.2) is 47.1 Å². The summed E-state index contributed by atoms with van der Waals surface area (Å²) in [5.41, 5.74) is 1.53. The van der Waals surface area contributed by atoms with E-state index < -0.39 is 0 Å². The molecule has 0 aliphatic carbocycles. The van der Waals surface area contributed by atoms with E-state index in [2.05, 4.69) is 5.32 Å². The van der Waals surface area contributed by atoms with E-state index in [1.807, 2.05) is 25.1 Å². The first-order chi connectivity index (χ1) is 8.70. The van der Waals surface area contributed by atoms with Gasteiger partial charge < -0.3 is 9.73 Å². The van der Waals surface area contributed by atoms with E-state index in [1.54, 1.807) is 24.5 Å². The summed E-state index contributed by atoms with van der Waals surface area (Å²) in [5.74, 6) is 0.997. The van der Waals surface area contributed by atoms with Gasteiger partial charge >= 0.3 is 0 Å². The molecule has 0 saturated carbocycles. The zero-order chi connectivity index (χ0) is 13.0. The van der Waals surface area contributed by atoms with Crippen molar-refractivity contribution in [2.24, 2.45) is 0 Å². The van der Waals surface area contributed by atoms with Crippen LogP contribution in [0.3, 0.4) is 0 Å². The van der Waals surface area contributed by atoms with Crippen LogP contribution in [-0.2, 0) is 5.88 Å². The first-order valence-corrected chi connectivity index (χ1v) is 6.23. The number of nitrogens with one attached hydrogen (secondary N) is 1. The molecule has 2 rings (SSSR count). The van der Waals surface area contributed by atoms with E-state index in [0.717, 1.165) is 11.3 Å². The molecule has 4 heteroatoms. The van der Waals surface area contributed by atoms with Gasteiger partial charge in [-0.2, -0.15) is 0 Å². The minimum atomic E-state index is -0.160. The van der Waals surface area contributed by atoms with Gasteiger partial charge in [-0.1, -0.05) is 12.1 Å². The number of hydrogen-bond acceptors (Lipinski definition) is 2. The molecule has 0 aliphatic heterocycles. The molecule has 0 saturated heterocycles. The first kappa shape index (κ1) is 12.7. The number of alkyl halides is 1. The van der Waals surface area contributed by atoms with Crippen molar-refractivity contribution in [2.75, 3.05) is 0 Å². The number of carbonyl (C=O) groups is 1. The quantitative estimate of drug-likeness (QED) is 0.858. The molecule has 3 nitrogen and oxygen atoms in total. The Kier molecular flexibility index (Phi) is 4.05. The fraction of sp³-hybridized carbons (Fsp3) is 0.214. The molecule has 1 amide bonds. The summed E-state index contributed by atoms with van der Waals surface area (Å²) in [6, 6.07) is 10.7. The third-order valence-corrected chi connectivity index (χ3v) is 2.97. The SMILES string of the molecule is C[C@@H](NC(=O)c1cccc(CCl)c1)c1ccco1. The summed E-state index contributed by atoms with van der Waals surface area (Å²) in [6.45, 7) is 1.88. The Bertz CT molecular complexity index is 522. The lowest BCUT2D eigenvalue weighted by Gasteiger charge is -2.11. The second-order valence-electron chi connectivity index (χ2n) is 4.04. The second-order valence-corrected chi connectivity index (χ2v) is 4.31. The summed E-state index contributed by atoms with van der Waals surface area (Å²) in [4.78, 5) is 12.0. The van der Waals surface area contributed by atoms with Crippen molar-refractivity contribution in [3.63, 3.8) is 0 Å². The van der Waals surface area contributed by atoms with Crippen LogP contribution in [0.2, 0.25) is 0 Å². The summed E-state index contributed by atoms with van der Waals surface area (Å²) >= 11 is 5.74. The average molecular weight is 264 g/mol. The topological polar surface area (TPSA) is 42.2 Å². The molecule has 94 valence electrons. The number of rotatable bonds is 4. The van der Waals surface area contributed by atoms with E-state index in [0.29, 0.717) is 11.4 Å². The Hall–Kier alpha value is -1.74. The van der Waals surface area contributed by atoms with Crippen LogP contribution in [0.25, 0.3) is 0 Å². The molecular weight excluding hydrogens is 250 g/mol. The van der Waals surface area contributed by atoms with Gasteiger partial charge in [-0.3, -0.25) is 4.79 Å². The minimum absolute atomic E-state index is 0.133. The molecule has 1 heterocycles. The van der Waals surface area contributed by atoms with Crippen LogP contribution in [-0.4, -0.2) is 5.91 Å². The van der Waals surface area contributed by atoms with Crippen LogP contribution in [0.1, 0.15) is 34.6 Å². The van der Waals surface area contributed by atoms with Crippen LogP contribution < -0.4 is 5.32 Å². The molecule has 0 bridgehead atoms. The van der Waals surface area contributed by atoms with E-state index in [1.165, 1.54) is 0 Å². The number of benzene rings is 1. The van der Waals surface area contributed by atoms with Gasteiger partial charge in [-0.25, -0.2) is 0 Å². The molecule has 1 N–H and O–H groups in total. The van der Waals surface area contributed by atoms with Crippen molar-refractivity contribution in [3.8, 4) is 0 Å². The Labute approximate surface area is 111 Å². The predicted octanol–water partition coefficient (Wildman–Crippen LogP) is 3.51. The van der Waals surface area contributed by atoms with Crippen molar-refractivity contribution >= 4 is 17.5 Å². The van der Waals surface area contributed by atoms with Gasteiger partial charge in [-0.15, -0.1) is 11.6 Å². The van der Waals surface area contributed by atoms with Gasteiger partial charge in [0.05, 0.1) is 12.3 Å². The number of amides is 1. The number of halogens is 1.